The van der Waals surface area contributed by atoms with E-state index in [1.54, 1.807) is 31.3 Å². The lowest BCUT2D eigenvalue weighted by atomic mass is 10.2. The van der Waals surface area contributed by atoms with Crippen molar-refractivity contribution in [3.8, 4) is 28.7 Å². The smallest absolute Gasteiger partial charge is 0.239 e. The monoisotopic (exact) mass is 486 g/mol. The van der Waals surface area contributed by atoms with E-state index in [0.717, 1.165) is 0 Å². The number of hydrogen-bond donors (Lipinski definition) is 1. The Bertz CT molecular complexity index is 1210. The molecule has 4 aromatic rings. The summed E-state index contributed by atoms with van der Waals surface area (Å²) in [5.74, 6) is 3.00. The molecule has 10 nitrogen and oxygen atoms in total. The lowest BCUT2D eigenvalue weighted by molar-refractivity contribution is 0.391. The Morgan fingerprint density at radius 2 is 1.79 bits per heavy atom. The van der Waals surface area contributed by atoms with Crippen LogP contribution in [0, 0.1) is 0 Å². The molecule has 0 amide bonds. The Morgan fingerprint density at radius 1 is 1.09 bits per heavy atom. The van der Waals surface area contributed by atoms with E-state index in [1.807, 2.05) is 42.1 Å². The molecule has 172 valence electrons. The zero-order valence-corrected chi connectivity index (χ0v) is 20.1. The van der Waals surface area contributed by atoms with Crippen LogP contribution in [0.25, 0.3) is 17.2 Å². The molecule has 3 heterocycles. The molecule has 12 heteroatoms. The third-order valence-electron chi connectivity index (χ3n) is 4.73. The number of ether oxygens (including phenoxy) is 2. The lowest BCUT2D eigenvalue weighted by Crippen LogP contribution is -2.11. The Balaban J connectivity index is 1.68. The predicted octanol–water partition coefficient (Wildman–Crippen LogP) is 3.82. The molecule has 0 aliphatic heterocycles. The van der Waals surface area contributed by atoms with E-state index in [4.69, 9.17) is 21.1 Å². The number of rotatable bonds is 9. The first-order chi connectivity index (χ1) is 16.0. The summed E-state index contributed by atoms with van der Waals surface area (Å²) >= 11 is 7.37. The minimum absolute atomic E-state index is 0.134. The number of aromatic nitrogens is 7. The van der Waals surface area contributed by atoms with Gasteiger partial charge in [0.2, 0.25) is 5.95 Å². The van der Waals surface area contributed by atoms with Crippen LogP contribution in [-0.2, 0) is 13.5 Å². The maximum atomic E-state index is 5.88. The highest BCUT2D eigenvalue weighted by molar-refractivity contribution is 8.01. The van der Waals surface area contributed by atoms with Crippen molar-refractivity contribution in [3.05, 3.63) is 53.7 Å². The van der Waals surface area contributed by atoms with Crippen LogP contribution in [0.5, 0.6) is 11.5 Å². The first-order valence-electron chi connectivity index (χ1n) is 10.0. The molecular formula is C21H23ClN8O2S. The summed E-state index contributed by atoms with van der Waals surface area (Å²) in [5.41, 5.74) is 1.34. The molecule has 1 N–H and O–H groups in total. The van der Waals surface area contributed by atoms with Crippen molar-refractivity contribution >= 4 is 29.5 Å². The van der Waals surface area contributed by atoms with Gasteiger partial charge in [-0.05, 0) is 30.1 Å². The maximum Gasteiger partial charge on any atom is 0.239 e. The van der Waals surface area contributed by atoms with Crippen molar-refractivity contribution in [1.29, 1.82) is 0 Å². The number of halogens is 1. The number of methoxy groups -OCH3 is 2. The van der Waals surface area contributed by atoms with Crippen molar-refractivity contribution in [2.24, 2.45) is 7.05 Å². The van der Waals surface area contributed by atoms with Crippen LogP contribution in [0.4, 0.5) is 5.95 Å². The zero-order chi connectivity index (χ0) is 23.4. The van der Waals surface area contributed by atoms with Crippen molar-refractivity contribution in [3.63, 3.8) is 0 Å². The number of nitrogens with one attached hydrogen (secondary N) is 1. The molecule has 0 saturated carbocycles. The molecule has 0 unspecified atom stereocenters. The van der Waals surface area contributed by atoms with Gasteiger partial charge < -0.3 is 9.47 Å². The predicted molar refractivity (Wildman–Crippen MR) is 128 cm³/mol. The average molecular weight is 487 g/mol. The van der Waals surface area contributed by atoms with Crippen LogP contribution >= 0.6 is 23.5 Å². The van der Waals surface area contributed by atoms with Gasteiger partial charge >= 0.3 is 0 Å². The summed E-state index contributed by atoms with van der Waals surface area (Å²) in [6.45, 7) is 2.07. The van der Waals surface area contributed by atoms with E-state index in [2.05, 4.69) is 36.9 Å². The maximum absolute atomic E-state index is 5.88. The summed E-state index contributed by atoms with van der Waals surface area (Å²) in [4.78, 5) is 8.54. The van der Waals surface area contributed by atoms with Gasteiger partial charge in [-0.3, -0.25) is 14.0 Å². The molecule has 0 saturated heterocycles. The minimum Gasteiger partial charge on any atom is -0.494 e. The molecule has 1 atom stereocenters. The number of hydrogen-bond acceptors (Lipinski definition) is 9. The molecular weight excluding hydrogens is 464 g/mol. The van der Waals surface area contributed by atoms with E-state index in [1.165, 1.54) is 11.9 Å². The second-order valence-electron chi connectivity index (χ2n) is 7.12. The van der Waals surface area contributed by atoms with Gasteiger partial charge in [0.1, 0.15) is 28.7 Å². The van der Waals surface area contributed by atoms with Crippen molar-refractivity contribution < 1.29 is 9.47 Å². The molecule has 33 heavy (non-hydrogen) atoms. The molecule has 0 bridgehead atoms. The van der Waals surface area contributed by atoms with Gasteiger partial charge in [0.25, 0.3) is 0 Å². The molecule has 0 aliphatic carbocycles. The van der Waals surface area contributed by atoms with Crippen LogP contribution in [-0.4, -0.2) is 54.0 Å². The number of para-hydroxylation sites is 1. The van der Waals surface area contributed by atoms with Crippen LogP contribution in [0.3, 0.4) is 0 Å². The Hall–Kier alpha value is -3.31. The Morgan fingerprint density at radius 3 is 2.39 bits per heavy atom. The SMILES string of the molecule is COc1cccc(OC)c1-n1c(NS[C@H](C)Cc2ncc(Cl)cn2)nnc1-c1ccn(C)n1. The fourth-order valence-corrected chi connectivity index (χ4v) is 3.98. The molecule has 0 radical (unpaired) electrons. The molecule has 0 spiro atoms. The Labute approximate surface area is 200 Å². The quantitative estimate of drug-likeness (QED) is 0.353. The van der Waals surface area contributed by atoms with Crippen LogP contribution < -0.4 is 14.2 Å². The molecule has 3 aromatic heterocycles. The van der Waals surface area contributed by atoms with Crippen molar-refractivity contribution in [2.75, 3.05) is 18.9 Å². The number of aryl methyl sites for hydroxylation is 1. The highest BCUT2D eigenvalue weighted by atomic mass is 35.5. The fraction of sp³-hybridized carbons (Fsp3) is 0.286. The van der Waals surface area contributed by atoms with Gasteiger partial charge in [-0.25, -0.2) is 9.97 Å². The summed E-state index contributed by atoms with van der Waals surface area (Å²) in [6, 6.07) is 7.46. The summed E-state index contributed by atoms with van der Waals surface area (Å²) in [7, 11) is 5.07. The summed E-state index contributed by atoms with van der Waals surface area (Å²) < 4.78 is 18.1. The highest BCUT2D eigenvalue weighted by Gasteiger charge is 2.24. The molecule has 1 aromatic carbocycles. The molecule has 4 rings (SSSR count). The average Bonchev–Trinajstić information content (AvgIpc) is 3.44. The summed E-state index contributed by atoms with van der Waals surface area (Å²) in [6.07, 6.45) is 5.69. The van der Waals surface area contributed by atoms with Crippen LogP contribution in [0.2, 0.25) is 5.02 Å². The normalized spacial score (nSPS) is 11.9. The van der Waals surface area contributed by atoms with Gasteiger partial charge in [0.05, 0.1) is 19.2 Å². The van der Waals surface area contributed by atoms with E-state index in [-0.39, 0.29) is 5.25 Å². The van der Waals surface area contributed by atoms with Gasteiger partial charge in [0.15, 0.2) is 5.82 Å². The minimum atomic E-state index is 0.134. The van der Waals surface area contributed by atoms with E-state index >= 15 is 0 Å². The molecule has 0 aliphatic rings. The van der Waals surface area contributed by atoms with Crippen molar-refractivity contribution in [1.82, 2.24) is 34.5 Å². The van der Waals surface area contributed by atoms with Gasteiger partial charge in [0, 0.05) is 37.3 Å². The third kappa shape index (κ3) is 5.04. The van der Waals surface area contributed by atoms with Crippen LogP contribution in [0.15, 0.2) is 42.9 Å². The second kappa shape index (κ2) is 10.1. The Kier molecular flexibility index (Phi) is 6.99. The summed E-state index contributed by atoms with van der Waals surface area (Å²) in [5, 5.41) is 13.9. The topological polar surface area (TPSA) is 105 Å². The number of nitrogens with zero attached hydrogens (tertiary/aromatic N) is 7. The number of benzene rings is 1. The fourth-order valence-electron chi connectivity index (χ4n) is 3.21. The standard InChI is InChI=1S/C21H23ClN8O2S/c1-13(10-18-23-11-14(22)12-24-18)33-28-21-26-25-20(15-8-9-29(2)27-15)30(21)19-16(31-3)6-5-7-17(19)32-4/h5-9,11-13H,10H2,1-4H3,(H,26,28)/t13-/m1/s1. The first kappa shape index (κ1) is 22.9. The van der Waals surface area contributed by atoms with E-state index < -0.39 is 0 Å². The second-order valence-corrected chi connectivity index (χ2v) is 8.80. The zero-order valence-electron chi connectivity index (χ0n) is 18.6. The van der Waals surface area contributed by atoms with Gasteiger partial charge in [-0.2, -0.15) is 5.10 Å². The first-order valence-corrected chi connectivity index (χ1v) is 11.3. The largest absolute Gasteiger partial charge is 0.494 e. The van der Waals surface area contributed by atoms with Crippen LogP contribution in [0.1, 0.15) is 12.7 Å². The highest BCUT2D eigenvalue weighted by Crippen LogP contribution is 2.37. The number of anilines is 1. The van der Waals surface area contributed by atoms with E-state index in [9.17, 15) is 0 Å². The van der Waals surface area contributed by atoms with Gasteiger partial charge in [-0.1, -0.05) is 24.6 Å². The lowest BCUT2D eigenvalue weighted by Gasteiger charge is -2.18. The van der Waals surface area contributed by atoms with Crippen molar-refractivity contribution in [2.45, 2.75) is 18.6 Å². The third-order valence-corrected chi connectivity index (χ3v) is 5.79. The molecule has 0 fully saturated rings. The van der Waals surface area contributed by atoms with Gasteiger partial charge in [-0.15, -0.1) is 10.2 Å². The van der Waals surface area contributed by atoms with E-state index in [0.29, 0.717) is 51.9 Å².